The van der Waals surface area contributed by atoms with Gasteiger partial charge in [-0.2, -0.15) is 0 Å². The zero-order valence-electron chi connectivity index (χ0n) is 13.3. The molecule has 0 N–H and O–H groups in total. The third-order valence-electron chi connectivity index (χ3n) is 3.57. The van der Waals surface area contributed by atoms with Crippen LogP contribution in [0, 0.1) is 10.1 Å². The van der Waals surface area contributed by atoms with Crippen LogP contribution in [0.25, 0.3) is 10.8 Å². The first kappa shape index (κ1) is 16.6. The largest absolute Gasteiger partial charge is 0.274 e. The van der Waals surface area contributed by atoms with E-state index in [1.165, 1.54) is 12.1 Å². The first-order valence-electron chi connectivity index (χ1n) is 7.62. The van der Waals surface area contributed by atoms with E-state index in [4.69, 9.17) is 0 Å². The molecule has 1 aliphatic rings. The van der Waals surface area contributed by atoms with Gasteiger partial charge in [-0.1, -0.05) is 32.9 Å². The van der Waals surface area contributed by atoms with Gasteiger partial charge in [0.2, 0.25) is 0 Å². The Balaban J connectivity index is 0.000000924. The number of rotatable bonds is 3. The van der Waals surface area contributed by atoms with Crippen molar-refractivity contribution in [1.82, 2.24) is 4.90 Å². The summed E-state index contributed by atoms with van der Waals surface area (Å²) in [5, 5.41) is 12.0. The van der Waals surface area contributed by atoms with Crippen LogP contribution in [0.3, 0.4) is 0 Å². The fourth-order valence-corrected chi connectivity index (χ4v) is 2.67. The van der Waals surface area contributed by atoms with Gasteiger partial charge in [-0.05, 0) is 17.9 Å². The van der Waals surface area contributed by atoms with Gasteiger partial charge in [0, 0.05) is 29.6 Å². The molecule has 0 saturated heterocycles. The molecule has 1 heterocycles. The molecule has 0 aliphatic carbocycles. The van der Waals surface area contributed by atoms with Crippen LogP contribution in [-0.4, -0.2) is 28.2 Å². The van der Waals surface area contributed by atoms with Gasteiger partial charge in [0.1, 0.15) is 0 Å². The van der Waals surface area contributed by atoms with Crippen LogP contribution < -0.4 is 0 Å². The average molecular weight is 314 g/mol. The normalized spacial score (nSPS) is 12.9. The zero-order valence-corrected chi connectivity index (χ0v) is 13.3. The van der Waals surface area contributed by atoms with Crippen LogP contribution in [0.2, 0.25) is 0 Å². The average Bonchev–Trinajstić information content (AvgIpc) is 2.57. The number of imide groups is 1. The van der Waals surface area contributed by atoms with Gasteiger partial charge in [0.25, 0.3) is 17.5 Å². The summed E-state index contributed by atoms with van der Waals surface area (Å²) >= 11 is 0. The molecule has 2 aromatic carbocycles. The number of carbonyl (C=O) groups is 2. The molecule has 2 aromatic rings. The highest BCUT2D eigenvalue weighted by molar-refractivity contribution is 6.25. The highest BCUT2D eigenvalue weighted by Gasteiger charge is 2.33. The second kappa shape index (κ2) is 6.56. The Labute approximate surface area is 133 Å². The molecule has 0 radical (unpaired) electrons. The summed E-state index contributed by atoms with van der Waals surface area (Å²) in [4.78, 5) is 36.5. The molecule has 120 valence electrons. The zero-order chi connectivity index (χ0) is 17.1. The molecule has 2 amide bonds. The highest BCUT2D eigenvalue weighted by Crippen LogP contribution is 2.33. The fraction of sp³-hybridized carbons (Fsp3) is 0.294. The number of hydrogen-bond acceptors (Lipinski definition) is 4. The maximum absolute atomic E-state index is 12.5. The minimum atomic E-state index is -0.531. The summed E-state index contributed by atoms with van der Waals surface area (Å²) < 4.78 is 0. The van der Waals surface area contributed by atoms with Crippen molar-refractivity contribution in [3.05, 3.63) is 51.6 Å². The number of amides is 2. The van der Waals surface area contributed by atoms with Gasteiger partial charge < -0.3 is 0 Å². The number of non-ortho nitro benzene ring substituents is 1. The standard InChI is InChI=1S/C15H12N2O4.C2H6/c1-2-6-16-14(18)11-5-3-4-9-7-10(17(20)21)8-12(13(9)11)15(16)19;1-2/h3-5,7-8H,2,6H2,1H3;1-2H3. The molecule has 0 unspecified atom stereocenters. The first-order chi connectivity index (χ1) is 11.0. The van der Waals surface area contributed by atoms with Crippen molar-refractivity contribution in [2.24, 2.45) is 0 Å². The topological polar surface area (TPSA) is 80.5 Å². The summed E-state index contributed by atoms with van der Waals surface area (Å²) in [5.74, 6) is -0.803. The summed E-state index contributed by atoms with van der Waals surface area (Å²) in [6.07, 6.45) is 0.637. The Morgan fingerprint density at radius 2 is 1.74 bits per heavy atom. The number of carbonyl (C=O) groups excluding carboxylic acids is 2. The van der Waals surface area contributed by atoms with Crippen LogP contribution in [0.1, 0.15) is 47.9 Å². The summed E-state index contributed by atoms with van der Waals surface area (Å²) in [7, 11) is 0. The highest BCUT2D eigenvalue weighted by atomic mass is 16.6. The molecular formula is C17H18N2O4. The number of benzene rings is 2. The van der Waals surface area contributed by atoms with Crippen molar-refractivity contribution in [2.45, 2.75) is 27.2 Å². The lowest BCUT2D eigenvalue weighted by molar-refractivity contribution is -0.384. The van der Waals surface area contributed by atoms with Crippen LogP contribution in [0.4, 0.5) is 5.69 Å². The smallest absolute Gasteiger partial charge is 0.270 e. The van der Waals surface area contributed by atoms with E-state index in [0.717, 1.165) is 4.90 Å². The minimum Gasteiger partial charge on any atom is -0.274 e. The molecule has 0 bridgehead atoms. The van der Waals surface area contributed by atoms with Crippen LogP contribution >= 0.6 is 0 Å². The molecule has 23 heavy (non-hydrogen) atoms. The van der Waals surface area contributed by atoms with Crippen molar-refractivity contribution in [3.63, 3.8) is 0 Å². The van der Waals surface area contributed by atoms with Crippen molar-refractivity contribution < 1.29 is 14.5 Å². The molecular weight excluding hydrogens is 296 g/mol. The van der Waals surface area contributed by atoms with Gasteiger partial charge in [0.15, 0.2) is 0 Å². The lowest BCUT2D eigenvalue weighted by Gasteiger charge is -2.26. The summed E-state index contributed by atoms with van der Waals surface area (Å²) in [6.45, 7) is 6.17. The van der Waals surface area contributed by atoms with Crippen LogP contribution in [0.5, 0.6) is 0 Å². The Kier molecular flexibility index (Phi) is 4.74. The van der Waals surface area contributed by atoms with E-state index in [2.05, 4.69) is 0 Å². The van der Waals surface area contributed by atoms with Gasteiger partial charge in [-0.3, -0.25) is 24.6 Å². The third-order valence-corrected chi connectivity index (χ3v) is 3.57. The van der Waals surface area contributed by atoms with Gasteiger partial charge in [0.05, 0.1) is 10.5 Å². The Morgan fingerprint density at radius 1 is 1.09 bits per heavy atom. The van der Waals surface area contributed by atoms with Gasteiger partial charge in [-0.25, -0.2) is 0 Å². The van der Waals surface area contributed by atoms with Crippen LogP contribution in [0.15, 0.2) is 30.3 Å². The first-order valence-corrected chi connectivity index (χ1v) is 7.62. The SMILES string of the molecule is CC.CCCN1C(=O)c2cccc3cc([N+](=O)[O-])cc(c23)C1=O. The van der Waals surface area contributed by atoms with E-state index in [1.54, 1.807) is 18.2 Å². The van der Waals surface area contributed by atoms with Crippen LogP contribution in [-0.2, 0) is 0 Å². The van der Waals surface area contributed by atoms with E-state index in [9.17, 15) is 19.7 Å². The number of hydrogen-bond donors (Lipinski definition) is 0. The van der Waals surface area contributed by atoms with E-state index < -0.39 is 10.8 Å². The lowest BCUT2D eigenvalue weighted by Crippen LogP contribution is -2.40. The molecule has 3 rings (SSSR count). The van der Waals surface area contributed by atoms with Crippen molar-refractivity contribution in [3.8, 4) is 0 Å². The maximum Gasteiger partial charge on any atom is 0.270 e. The molecule has 1 aliphatic heterocycles. The summed E-state index contributed by atoms with van der Waals surface area (Å²) in [6, 6.07) is 7.63. The van der Waals surface area contributed by atoms with Crippen molar-refractivity contribution in [1.29, 1.82) is 0 Å². The predicted octanol–water partition coefficient (Wildman–Crippen LogP) is 3.78. The molecule has 0 fully saturated rings. The number of nitro benzene ring substituents is 1. The predicted molar refractivity (Wildman–Crippen MR) is 87.6 cm³/mol. The van der Waals surface area contributed by atoms with Crippen molar-refractivity contribution >= 4 is 28.3 Å². The third kappa shape index (κ3) is 2.67. The molecule has 0 spiro atoms. The second-order valence-corrected chi connectivity index (χ2v) is 4.92. The van der Waals surface area contributed by atoms with E-state index in [1.807, 2.05) is 20.8 Å². The molecule has 6 nitrogen and oxygen atoms in total. The lowest BCUT2D eigenvalue weighted by atomic mass is 9.93. The van der Waals surface area contributed by atoms with E-state index in [-0.39, 0.29) is 17.2 Å². The molecule has 0 atom stereocenters. The second-order valence-electron chi connectivity index (χ2n) is 4.92. The van der Waals surface area contributed by atoms with E-state index >= 15 is 0 Å². The van der Waals surface area contributed by atoms with Crippen molar-refractivity contribution in [2.75, 3.05) is 6.54 Å². The maximum atomic E-state index is 12.5. The Bertz CT molecular complexity index is 799. The fourth-order valence-electron chi connectivity index (χ4n) is 2.67. The minimum absolute atomic E-state index is 0.145. The van der Waals surface area contributed by atoms with Gasteiger partial charge in [-0.15, -0.1) is 0 Å². The summed E-state index contributed by atoms with van der Waals surface area (Å²) in [5.41, 5.74) is 0.502. The Hall–Kier alpha value is -2.76. The quantitative estimate of drug-likeness (QED) is 0.490. The molecule has 6 heteroatoms. The Morgan fingerprint density at radius 3 is 2.35 bits per heavy atom. The number of nitro groups is 1. The van der Waals surface area contributed by atoms with Gasteiger partial charge >= 0.3 is 0 Å². The monoisotopic (exact) mass is 314 g/mol. The number of nitrogens with zero attached hydrogens (tertiary/aromatic N) is 2. The molecule has 0 aromatic heterocycles. The molecule has 0 saturated carbocycles. The van der Waals surface area contributed by atoms with E-state index in [0.29, 0.717) is 29.3 Å².